The maximum absolute atomic E-state index is 5.44. The molecule has 0 saturated heterocycles. The first kappa shape index (κ1) is 9.92. The molecule has 0 aromatic carbocycles. The quantitative estimate of drug-likeness (QED) is 0.575. The van der Waals surface area contributed by atoms with Gasteiger partial charge >= 0.3 is 0 Å². The average molecular weight is 145 g/mol. The van der Waals surface area contributed by atoms with Gasteiger partial charge in [-0.05, 0) is 26.3 Å². The third-order valence-electron chi connectivity index (χ3n) is 1.47. The van der Waals surface area contributed by atoms with E-state index >= 15 is 0 Å². The van der Waals surface area contributed by atoms with Gasteiger partial charge in [-0.2, -0.15) is 0 Å². The lowest BCUT2D eigenvalue weighted by Gasteiger charge is -2.10. The van der Waals surface area contributed by atoms with Gasteiger partial charge in [0, 0.05) is 6.61 Å². The van der Waals surface area contributed by atoms with Crippen LogP contribution in [0.2, 0.25) is 0 Å². The summed E-state index contributed by atoms with van der Waals surface area (Å²) < 4.78 is 5.44. The molecule has 0 aromatic heterocycles. The van der Waals surface area contributed by atoms with E-state index in [4.69, 9.17) is 10.5 Å². The van der Waals surface area contributed by atoms with E-state index in [1.807, 2.05) is 0 Å². The van der Waals surface area contributed by atoms with Crippen LogP contribution in [0, 0.1) is 0 Å². The van der Waals surface area contributed by atoms with Crippen LogP contribution in [-0.4, -0.2) is 19.3 Å². The fourth-order valence-corrected chi connectivity index (χ4v) is 0.747. The second-order valence-electron chi connectivity index (χ2n) is 2.61. The van der Waals surface area contributed by atoms with E-state index in [0.717, 1.165) is 26.0 Å². The maximum atomic E-state index is 5.44. The Morgan fingerprint density at radius 2 is 2.20 bits per heavy atom. The Labute approximate surface area is 63.7 Å². The minimum Gasteiger partial charge on any atom is -0.378 e. The first-order chi connectivity index (χ1) is 4.81. The van der Waals surface area contributed by atoms with Crippen LogP contribution in [0.1, 0.15) is 33.1 Å². The molecule has 2 nitrogen and oxygen atoms in total. The van der Waals surface area contributed by atoms with Gasteiger partial charge in [0.2, 0.25) is 0 Å². The molecule has 0 aromatic rings. The predicted molar refractivity (Wildman–Crippen MR) is 44.0 cm³/mol. The molecule has 0 aliphatic carbocycles. The van der Waals surface area contributed by atoms with Crippen molar-refractivity contribution in [2.75, 3.05) is 13.2 Å². The molecule has 2 heteroatoms. The minimum atomic E-state index is 0.344. The summed E-state index contributed by atoms with van der Waals surface area (Å²) in [6.07, 6.45) is 3.69. The summed E-state index contributed by atoms with van der Waals surface area (Å²) >= 11 is 0. The molecule has 0 aliphatic heterocycles. The minimum absolute atomic E-state index is 0.344. The monoisotopic (exact) mass is 145 g/mol. The van der Waals surface area contributed by atoms with Crippen molar-refractivity contribution in [1.29, 1.82) is 0 Å². The Balaban J connectivity index is 2.97. The van der Waals surface area contributed by atoms with E-state index in [2.05, 4.69) is 13.8 Å². The van der Waals surface area contributed by atoms with E-state index < -0.39 is 0 Å². The van der Waals surface area contributed by atoms with Crippen molar-refractivity contribution < 1.29 is 4.74 Å². The van der Waals surface area contributed by atoms with Gasteiger partial charge in [0.15, 0.2) is 0 Å². The van der Waals surface area contributed by atoms with Crippen molar-refractivity contribution in [3.05, 3.63) is 0 Å². The molecule has 0 saturated carbocycles. The summed E-state index contributed by atoms with van der Waals surface area (Å²) in [5.74, 6) is 0. The summed E-state index contributed by atoms with van der Waals surface area (Å²) in [6, 6.07) is 0. The van der Waals surface area contributed by atoms with E-state index in [1.54, 1.807) is 0 Å². The SMILES string of the molecule is CCCCOC(C)CCN. The van der Waals surface area contributed by atoms with Crippen molar-refractivity contribution in [2.24, 2.45) is 5.73 Å². The van der Waals surface area contributed by atoms with Crippen LogP contribution in [0.5, 0.6) is 0 Å². The molecule has 0 aliphatic rings. The average Bonchev–Trinajstić information content (AvgIpc) is 1.89. The van der Waals surface area contributed by atoms with Gasteiger partial charge in [-0.1, -0.05) is 13.3 Å². The highest BCUT2D eigenvalue weighted by atomic mass is 16.5. The summed E-state index contributed by atoms with van der Waals surface area (Å²) in [6.45, 7) is 5.85. The smallest absolute Gasteiger partial charge is 0.0559 e. The number of ether oxygens (including phenoxy) is 1. The fourth-order valence-electron chi connectivity index (χ4n) is 0.747. The molecule has 0 spiro atoms. The van der Waals surface area contributed by atoms with Crippen LogP contribution in [-0.2, 0) is 4.74 Å². The first-order valence-corrected chi connectivity index (χ1v) is 4.13. The molecule has 2 N–H and O–H groups in total. The Bertz CT molecular complexity index is 66.3. The standard InChI is InChI=1S/C8H19NO/c1-3-4-7-10-8(2)5-6-9/h8H,3-7,9H2,1-2H3. The summed E-state index contributed by atoms with van der Waals surface area (Å²) in [7, 11) is 0. The van der Waals surface area contributed by atoms with Crippen molar-refractivity contribution in [1.82, 2.24) is 0 Å². The van der Waals surface area contributed by atoms with E-state index in [0.29, 0.717) is 6.10 Å². The number of hydrogen-bond donors (Lipinski definition) is 1. The Morgan fingerprint density at radius 3 is 2.70 bits per heavy atom. The summed E-state index contributed by atoms with van der Waals surface area (Å²) in [5, 5.41) is 0. The molecule has 10 heavy (non-hydrogen) atoms. The molecule has 0 bridgehead atoms. The first-order valence-electron chi connectivity index (χ1n) is 4.13. The van der Waals surface area contributed by atoms with Gasteiger partial charge in [0.1, 0.15) is 0 Å². The van der Waals surface area contributed by atoms with Crippen LogP contribution >= 0.6 is 0 Å². The molecule has 0 radical (unpaired) electrons. The zero-order valence-electron chi connectivity index (χ0n) is 7.10. The fraction of sp³-hybridized carbons (Fsp3) is 1.00. The van der Waals surface area contributed by atoms with E-state index in [-0.39, 0.29) is 0 Å². The van der Waals surface area contributed by atoms with Crippen LogP contribution in [0.25, 0.3) is 0 Å². The molecule has 1 unspecified atom stereocenters. The number of hydrogen-bond acceptors (Lipinski definition) is 2. The molecule has 62 valence electrons. The van der Waals surface area contributed by atoms with Gasteiger partial charge in [-0.3, -0.25) is 0 Å². The second kappa shape index (κ2) is 7.03. The van der Waals surface area contributed by atoms with Crippen molar-refractivity contribution >= 4 is 0 Å². The van der Waals surface area contributed by atoms with Gasteiger partial charge in [0.25, 0.3) is 0 Å². The van der Waals surface area contributed by atoms with E-state index in [9.17, 15) is 0 Å². The largest absolute Gasteiger partial charge is 0.378 e. The molecule has 0 heterocycles. The van der Waals surface area contributed by atoms with Crippen molar-refractivity contribution in [3.63, 3.8) is 0 Å². The Kier molecular flexibility index (Phi) is 6.98. The number of rotatable bonds is 6. The molecular formula is C8H19NO. The molecule has 1 atom stereocenters. The lowest BCUT2D eigenvalue weighted by atomic mass is 10.3. The maximum Gasteiger partial charge on any atom is 0.0559 e. The molecule has 0 rings (SSSR count). The topological polar surface area (TPSA) is 35.2 Å². The molecular weight excluding hydrogens is 126 g/mol. The normalized spacial score (nSPS) is 13.5. The van der Waals surface area contributed by atoms with Gasteiger partial charge in [0.05, 0.1) is 6.10 Å². The highest BCUT2D eigenvalue weighted by molar-refractivity contribution is 4.49. The summed E-state index contributed by atoms with van der Waals surface area (Å²) in [5.41, 5.74) is 5.35. The van der Waals surface area contributed by atoms with Crippen LogP contribution < -0.4 is 5.73 Å². The van der Waals surface area contributed by atoms with Crippen molar-refractivity contribution in [2.45, 2.75) is 39.2 Å². The highest BCUT2D eigenvalue weighted by Crippen LogP contribution is 1.97. The second-order valence-corrected chi connectivity index (χ2v) is 2.61. The predicted octanol–water partition coefficient (Wildman–Crippen LogP) is 1.54. The Morgan fingerprint density at radius 1 is 1.50 bits per heavy atom. The van der Waals surface area contributed by atoms with Crippen LogP contribution in [0.3, 0.4) is 0 Å². The number of unbranched alkanes of at least 4 members (excludes halogenated alkanes) is 1. The highest BCUT2D eigenvalue weighted by Gasteiger charge is 1.97. The van der Waals surface area contributed by atoms with Crippen LogP contribution in [0.15, 0.2) is 0 Å². The Hall–Kier alpha value is -0.0800. The van der Waals surface area contributed by atoms with Gasteiger partial charge < -0.3 is 10.5 Å². The van der Waals surface area contributed by atoms with Gasteiger partial charge in [-0.15, -0.1) is 0 Å². The van der Waals surface area contributed by atoms with Crippen LogP contribution in [0.4, 0.5) is 0 Å². The third kappa shape index (κ3) is 6.05. The lowest BCUT2D eigenvalue weighted by molar-refractivity contribution is 0.0600. The zero-order valence-corrected chi connectivity index (χ0v) is 7.10. The van der Waals surface area contributed by atoms with Gasteiger partial charge in [-0.25, -0.2) is 0 Å². The van der Waals surface area contributed by atoms with Crippen molar-refractivity contribution in [3.8, 4) is 0 Å². The van der Waals surface area contributed by atoms with E-state index in [1.165, 1.54) is 6.42 Å². The third-order valence-corrected chi connectivity index (χ3v) is 1.47. The number of nitrogens with two attached hydrogens (primary N) is 1. The lowest BCUT2D eigenvalue weighted by Crippen LogP contribution is -2.14. The molecule has 0 amide bonds. The molecule has 0 fully saturated rings. The summed E-state index contributed by atoms with van der Waals surface area (Å²) in [4.78, 5) is 0. The zero-order chi connectivity index (χ0) is 7.82.